The molecule has 0 saturated carbocycles. The number of ether oxygens (including phenoxy) is 2. The van der Waals surface area contributed by atoms with Crippen molar-refractivity contribution in [1.29, 1.82) is 0 Å². The Bertz CT molecular complexity index is 1400. The van der Waals surface area contributed by atoms with Crippen LogP contribution < -0.4 is 15.0 Å². The number of carbonyl (C=O) groups is 1. The van der Waals surface area contributed by atoms with Gasteiger partial charge in [0.25, 0.3) is 5.56 Å². The zero-order valence-electron chi connectivity index (χ0n) is 18.6. The van der Waals surface area contributed by atoms with E-state index in [0.29, 0.717) is 11.3 Å². The van der Waals surface area contributed by atoms with Gasteiger partial charge in [-0.1, -0.05) is 0 Å². The molecule has 0 unspecified atom stereocenters. The van der Waals surface area contributed by atoms with Gasteiger partial charge in [0.1, 0.15) is 28.8 Å². The van der Waals surface area contributed by atoms with E-state index in [1.54, 1.807) is 6.07 Å². The molecule has 180 valence electrons. The van der Waals surface area contributed by atoms with Gasteiger partial charge in [0.2, 0.25) is 15.9 Å². The van der Waals surface area contributed by atoms with Crippen LogP contribution >= 0.6 is 0 Å². The number of hydrogen-bond donors (Lipinski definition) is 0. The van der Waals surface area contributed by atoms with Crippen LogP contribution in [0.15, 0.2) is 52.4 Å². The Kier molecular flexibility index (Phi) is 6.53. The predicted molar refractivity (Wildman–Crippen MR) is 121 cm³/mol. The Morgan fingerprint density at radius 3 is 2.47 bits per heavy atom. The Morgan fingerprint density at radius 2 is 1.79 bits per heavy atom. The van der Waals surface area contributed by atoms with Gasteiger partial charge in [-0.25, -0.2) is 17.8 Å². The van der Waals surface area contributed by atoms with Gasteiger partial charge in [-0.3, -0.25) is 14.2 Å². The van der Waals surface area contributed by atoms with Gasteiger partial charge in [-0.15, -0.1) is 0 Å². The average Bonchev–Trinajstić information content (AvgIpc) is 2.85. The largest absolute Gasteiger partial charge is 0.497 e. The van der Waals surface area contributed by atoms with E-state index < -0.39 is 21.4 Å². The van der Waals surface area contributed by atoms with Crippen molar-refractivity contribution < 1.29 is 27.1 Å². The fourth-order valence-electron chi connectivity index (χ4n) is 3.79. The fraction of sp³-hybridized carbons (Fsp3) is 0.318. The summed E-state index contributed by atoms with van der Waals surface area (Å²) in [5, 5.41) is 0.0819. The van der Waals surface area contributed by atoms with E-state index in [4.69, 9.17) is 9.47 Å². The summed E-state index contributed by atoms with van der Waals surface area (Å²) in [6, 6.07) is 8.21. The lowest BCUT2D eigenvalue weighted by atomic mass is 10.2. The van der Waals surface area contributed by atoms with Crippen molar-refractivity contribution in [2.45, 2.75) is 11.4 Å². The average molecular weight is 491 g/mol. The topological polar surface area (TPSA) is 111 Å². The van der Waals surface area contributed by atoms with Crippen molar-refractivity contribution in [3.05, 3.63) is 58.9 Å². The SMILES string of the molecule is COc1ccc(OC)c(S(=O)(=O)N2CCN(C(=O)Cn3cnc4ccc(F)cc4c3=O)CC2)c1. The van der Waals surface area contributed by atoms with Gasteiger partial charge in [-0.2, -0.15) is 4.31 Å². The summed E-state index contributed by atoms with van der Waals surface area (Å²) in [5.74, 6) is -0.363. The first-order valence-electron chi connectivity index (χ1n) is 10.4. The van der Waals surface area contributed by atoms with E-state index in [9.17, 15) is 22.4 Å². The molecule has 4 rings (SSSR count). The van der Waals surface area contributed by atoms with Gasteiger partial charge >= 0.3 is 0 Å². The summed E-state index contributed by atoms with van der Waals surface area (Å²) in [6.07, 6.45) is 1.25. The fourth-order valence-corrected chi connectivity index (χ4v) is 5.38. The Labute approximate surface area is 195 Å². The summed E-state index contributed by atoms with van der Waals surface area (Å²) in [7, 11) is -1.07. The van der Waals surface area contributed by atoms with Crippen LogP contribution in [0.4, 0.5) is 4.39 Å². The molecule has 0 spiro atoms. The smallest absolute Gasteiger partial charge is 0.261 e. The second-order valence-electron chi connectivity index (χ2n) is 7.64. The Balaban J connectivity index is 1.47. The molecule has 34 heavy (non-hydrogen) atoms. The van der Waals surface area contributed by atoms with Gasteiger partial charge in [0.15, 0.2) is 0 Å². The van der Waals surface area contributed by atoms with Crippen molar-refractivity contribution in [1.82, 2.24) is 18.8 Å². The van der Waals surface area contributed by atoms with E-state index >= 15 is 0 Å². The van der Waals surface area contributed by atoms with Crippen molar-refractivity contribution in [3.63, 3.8) is 0 Å². The third kappa shape index (κ3) is 4.46. The summed E-state index contributed by atoms with van der Waals surface area (Å²) in [4.78, 5) is 31.0. The molecular formula is C22H23FN4O6S. The van der Waals surface area contributed by atoms with Crippen molar-refractivity contribution in [2.24, 2.45) is 0 Å². The monoisotopic (exact) mass is 490 g/mol. The Morgan fingerprint density at radius 1 is 1.06 bits per heavy atom. The number of amides is 1. The maximum Gasteiger partial charge on any atom is 0.261 e. The number of sulfonamides is 1. The number of aromatic nitrogens is 2. The van der Waals surface area contributed by atoms with Gasteiger partial charge in [0.05, 0.1) is 31.4 Å². The number of piperazine rings is 1. The third-order valence-corrected chi connectivity index (χ3v) is 7.59. The number of fused-ring (bicyclic) bond motifs is 1. The molecule has 2 aromatic carbocycles. The number of carbonyl (C=O) groups excluding carboxylic acids is 1. The Hall–Kier alpha value is -3.51. The number of nitrogens with zero attached hydrogens (tertiary/aromatic N) is 4. The maximum atomic E-state index is 13.5. The lowest BCUT2D eigenvalue weighted by molar-refractivity contribution is -0.133. The van der Waals surface area contributed by atoms with Crippen LogP contribution in [-0.2, 0) is 21.4 Å². The van der Waals surface area contributed by atoms with Crippen LogP contribution in [0.5, 0.6) is 11.5 Å². The molecule has 10 nitrogen and oxygen atoms in total. The summed E-state index contributed by atoms with van der Waals surface area (Å²) >= 11 is 0. The van der Waals surface area contributed by atoms with Crippen molar-refractivity contribution >= 4 is 26.8 Å². The number of halogens is 1. The molecule has 2 heterocycles. The summed E-state index contributed by atoms with van der Waals surface area (Å²) in [6.45, 7) is 0.160. The zero-order valence-corrected chi connectivity index (χ0v) is 19.4. The molecular weight excluding hydrogens is 467 g/mol. The van der Waals surface area contributed by atoms with Gasteiger partial charge in [0, 0.05) is 32.2 Å². The first kappa shape index (κ1) is 23.6. The van der Waals surface area contributed by atoms with Crippen LogP contribution in [-0.4, -0.2) is 73.5 Å². The first-order valence-corrected chi connectivity index (χ1v) is 11.8. The minimum absolute atomic E-state index is 0.0184. The van der Waals surface area contributed by atoms with Gasteiger partial charge in [-0.05, 0) is 30.3 Å². The third-order valence-electron chi connectivity index (χ3n) is 5.67. The minimum atomic E-state index is -3.89. The van der Waals surface area contributed by atoms with E-state index in [1.165, 1.54) is 54.0 Å². The molecule has 0 atom stereocenters. The second kappa shape index (κ2) is 9.39. The number of hydrogen-bond acceptors (Lipinski definition) is 7. The highest BCUT2D eigenvalue weighted by Crippen LogP contribution is 2.31. The van der Waals surface area contributed by atoms with Crippen molar-refractivity contribution in [3.8, 4) is 11.5 Å². The first-order chi connectivity index (χ1) is 16.2. The standard InChI is InChI=1S/C22H23FN4O6S/c1-32-16-4-6-19(33-2)20(12-16)34(30,31)27-9-7-25(8-10-27)21(28)13-26-14-24-18-5-3-15(23)11-17(18)22(26)29/h3-6,11-12,14H,7-10,13H2,1-2H3. The minimum Gasteiger partial charge on any atom is -0.497 e. The normalized spacial score (nSPS) is 14.9. The quantitative estimate of drug-likeness (QED) is 0.509. The molecule has 0 radical (unpaired) electrons. The van der Waals surface area contributed by atoms with Gasteiger partial charge < -0.3 is 14.4 Å². The van der Waals surface area contributed by atoms with E-state index in [-0.39, 0.29) is 54.7 Å². The van der Waals surface area contributed by atoms with Crippen LogP contribution in [0.25, 0.3) is 10.9 Å². The predicted octanol–water partition coefficient (Wildman–Crippen LogP) is 1.09. The van der Waals surface area contributed by atoms with Crippen molar-refractivity contribution in [2.75, 3.05) is 40.4 Å². The highest BCUT2D eigenvalue weighted by Gasteiger charge is 2.32. The summed E-state index contributed by atoms with van der Waals surface area (Å²) < 4.78 is 52.7. The number of benzene rings is 2. The lowest BCUT2D eigenvalue weighted by Gasteiger charge is -2.34. The maximum absolute atomic E-state index is 13.5. The van der Waals surface area contributed by atoms with Crippen LogP contribution in [0.2, 0.25) is 0 Å². The zero-order chi connectivity index (χ0) is 24.5. The molecule has 1 saturated heterocycles. The lowest BCUT2D eigenvalue weighted by Crippen LogP contribution is -2.51. The molecule has 12 heteroatoms. The van der Waals surface area contributed by atoms with E-state index in [1.807, 2.05) is 0 Å². The molecule has 1 amide bonds. The highest BCUT2D eigenvalue weighted by molar-refractivity contribution is 7.89. The molecule has 1 aliphatic heterocycles. The van der Waals surface area contributed by atoms with Crippen LogP contribution in [0, 0.1) is 5.82 Å². The summed E-state index contributed by atoms with van der Waals surface area (Å²) in [5.41, 5.74) is -0.189. The second-order valence-corrected chi connectivity index (χ2v) is 9.55. The van der Waals surface area contributed by atoms with Crippen LogP contribution in [0.1, 0.15) is 0 Å². The number of rotatable bonds is 6. The van der Waals surface area contributed by atoms with Crippen LogP contribution in [0.3, 0.4) is 0 Å². The molecule has 3 aromatic rings. The molecule has 0 bridgehead atoms. The molecule has 1 fully saturated rings. The highest BCUT2D eigenvalue weighted by atomic mass is 32.2. The van der Waals surface area contributed by atoms with E-state index in [2.05, 4.69) is 4.98 Å². The molecule has 0 aliphatic carbocycles. The molecule has 1 aliphatic rings. The van der Waals surface area contributed by atoms with E-state index in [0.717, 1.165) is 10.6 Å². The molecule has 1 aromatic heterocycles. The molecule has 0 N–H and O–H groups in total. The number of methoxy groups -OCH3 is 2.